The smallest absolute Gasteiger partial charge is 0.0192 e. The summed E-state index contributed by atoms with van der Waals surface area (Å²) in [5.41, 5.74) is 0. The molecule has 1 fully saturated rings. The van der Waals surface area contributed by atoms with Crippen molar-refractivity contribution >= 4 is 12.6 Å². The van der Waals surface area contributed by atoms with Crippen molar-refractivity contribution in [3.8, 4) is 0 Å². The summed E-state index contributed by atoms with van der Waals surface area (Å²) in [6, 6.07) is 0.727. The lowest BCUT2D eigenvalue weighted by atomic mass is 10.2. The van der Waals surface area contributed by atoms with Crippen molar-refractivity contribution in [1.82, 2.24) is 9.80 Å². The Morgan fingerprint density at radius 3 is 2.69 bits per heavy atom. The topological polar surface area (TPSA) is 6.48 Å². The van der Waals surface area contributed by atoms with E-state index in [0.717, 1.165) is 11.8 Å². The minimum atomic E-state index is 0.727. The highest BCUT2D eigenvalue weighted by Crippen LogP contribution is 2.07. The van der Waals surface area contributed by atoms with Gasteiger partial charge in [0.2, 0.25) is 0 Å². The maximum absolute atomic E-state index is 4.22. The molecule has 0 aromatic carbocycles. The van der Waals surface area contributed by atoms with Gasteiger partial charge in [0, 0.05) is 25.7 Å². The summed E-state index contributed by atoms with van der Waals surface area (Å²) in [7, 11) is 2.22. The SMILES string of the molecule is CC1CN(CCCCS)CCN1C. The van der Waals surface area contributed by atoms with Crippen molar-refractivity contribution in [1.29, 1.82) is 0 Å². The summed E-state index contributed by atoms with van der Waals surface area (Å²) in [5, 5.41) is 0. The van der Waals surface area contributed by atoms with Crippen LogP contribution < -0.4 is 0 Å². The van der Waals surface area contributed by atoms with Gasteiger partial charge in [0.1, 0.15) is 0 Å². The Morgan fingerprint density at radius 1 is 1.31 bits per heavy atom. The predicted octanol–water partition coefficient (Wildman–Crippen LogP) is 1.33. The fraction of sp³-hybridized carbons (Fsp3) is 1.00. The third-order valence-corrected chi connectivity index (χ3v) is 3.24. The number of unbranched alkanes of at least 4 members (excludes halogenated alkanes) is 1. The maximum atomic E-state index is 4.22. The van der Waals surface area contributed by atoms with Crippen LogP contribution in [0.5, 0.6) is 0 Å². The van der Waals surface area contributed by atoms with Crippen LogP contribution in [0.4, 0.5) is 0 Å². The second-order valence-electron chi connectivity index (χ2n) is 4.06. The zero-order chi connectivity index (χ0) is 9.68. The van der Waals surface area contributed by atoms with Crippen molar-refractivity contribution in [2.24, 2.45) is 0 Å². The molecule has 1 unspecified atom stereocenters. The van der Waals surface area contributed by atoms with E-state index in [9.17, 15) is 0 Å². The molecule has 1 rings (SSSR count). The Hall–Kier alpha value is 0.270. The predicted molar refractivity (Wildman–Crippen MR) is 61.6 cm³/mol. The molecule has 0 aromatic rings. The zero-order valence-electron chi connectivity index (χ0n) is 8.87. The van der Waals surface area contributed by atoms with Crippen LogP contribution in [0.15, 0.2) is 0 Å². The second-order valence-corrected chi connectivity index (χ2v) is 4.51. The fourth-order valence-electron chi connectivity index (χ4n) is 1.77. The Kier molecular flexibility index (Phi) is 5.14. The third kappa shape index (κ3) is 3.88. The molecule has 0 saturated carbocycles. The van der Waals surface area contributed by atoms with Gasteiger partial charge in [-0.3, -0.25) is 0 Å². The van der Waals surface area contributed by atoms with Gasteiger partial charge in [-0.2, -0.15) is 12.6 Å². The standard InChI is InChI=1S/C10H22N2S/c1-10-9-12(5-3-4-8-13)7-6-11(10)2/h10,13H,3-9H2,1-2H3. The van der Waals surface area contributed by atoms with Crippen molar-refractivity contribution < 1.29 is 0 Å². The van der Waals surface area contributed by atoms with Crippen LogP contribution in [0.25, 0.3) is 0 Å². The van der Waals surface area contributed by atoms with Crippen LogP contribution in [0, 0.1) is 0 Å². The Balaban J connectivity index is 2.14. The van der Waals surface area contributed by atoms with Crippen molar-refractivity contribution in [3.05, 3.63) is 0 Å². The molecule has 1 atom stereocenters. The van der Waals surface area contributed by atoms with Gasteiger partial charge in [-0.1, -0.05) is 0 Å². The molecule has 0 bridgehead atoms. The van der Waals surface area contributed by atoms with E-state index in [1.807, 2.05) is 0 Å². The molecule has 0 amide bonds. The molecule has 13 heavy (non-hydrogen) atoms. The van der Waals surface area contributed by atoms with Crippen LogP contribution in [0.2, 0.25) is 0 Å². The maximum Gasteiger partial charge on any atom is 0.0192 e. The average Bonchev–Trinajstić information content (AvgIpc) is 2.12. The van der Waals surface area contributed by atoms with Crippen LogP contribution in [-0.2, 0) is 0 Å². The second kappa shape index (κ2) is 5.89. The molecule has 0 aliphatic carbocycles. The normalized spacial score (nSPS) is 26.5. The van der Waals surface area contributed by atoms with E-state index >= 15 is 0 Å². The molecule has 3 heteroatoms. The lowest BCUT2D eigenvalue weighted by Crippen LogP contribution is -2.50. The molecule has 1 heterocycles. The molecule has 1 aliphatic heterocycles. The first kappa shape index (κ1) is 11.3. The highest BCUT2D eigenvalue weighted by atomic mass is 32.1. The van der Waals surface area contributed by atoms with Crippen LogP contribution in [0.3, 0.4) is 0 Å². The highest BCUT2D eigenvalue weighted by Gasteiger charge is 2.19. The van der Waals surface area contributed by atoms with Gasteiger partial charge in [0.15, 0.2) is 0 Å². The van der Waals surface area contributed by atoms with Crippen LogP contribution in [0.1, 0.15) is 19.8 Å². The van der Waals surface area contributed by atoms with Crippen molar-refractivity contribution in [2.45, 2.75) is 25.8 Å². The quantitative estimate of drug-likeness (QED) is 0.543. The average molecular weight is 202 g/mol. The van der Waals surface area contributed by atoms with Gasteiger partial charge in [0.25, 0.3) is 0 Å². The van der Waals surface area contributed by atoms with Gasteiger partial charge in [-0.05, 0) is 39.1 Å². The van der Waals surface area contributed by atoms with Gasteiger partial charge >= 0.3 is 0 Å². The van der Waals surface area contributed by atoms with E-state index in [1.165, 1.54) is 39.0 Å². The molecule has 78 valence electrons. The molecule has 1 aliphatic rings. The van der Waals surface area contributed by atoms with E-state index in [1.54, 1.807) is 0 Å². The minimum absolute atomic E-state index is 0.727. The molecule has 0 aromatic heterocycles. The summed E-state index contributed by atoms with van der Waals surface area (Å²) >= 11 is 4.22. The lowest BCUT2D eigenvalue weighted by Gasteiger charge is -2.37. The summed E-state index contributed by atoms with van der Waals surface area (Å²) in [6.45, 7) is 7.28. The summed E-state index contributed by atoms with van der Waals surface area (Å²) in [4.78, 5) is 5.02. The highest BCUT2D eigenvalue weighted by molar-refractivity contribution is 7.80. The van der Waals surface area contributed by atoms with E-state index in [2.05, 4.69) is 36.4 Å². The van der Waals surface area contributed by atoms with Gasteiger partial charge in [-0.15, -0.1) is 0 Å². The van der Waals surface area contributed by atoms with E-state index in [-0.39, 0.29) is 0 Å². The summed E-state index contributed by atoms with van der Waals surface area (Å²) < 4.78 is 0. The molecular formula is C10H22N2S. The van der Waals surface area contributed by atoms with Gasteiger partial charge in [0.05, 0.1) is 0 Å². The zero-order valence-corrected chi connectivity index (χ0v) is 9.76. The molecule has 0 radical (unpaired) electrons. The Morgan fingerprint density at radius 2 is 2.08 bits per heavy atom. The number of rotatable bonds is 4. The van der Waals surface area contributed by atoms with Crippen LogP contribution in [-0.4, -0.2) is 54.8 Å². The molecule has 1 saturated heterocycles. The number of hydrogen-bond acceptors (Lipinski definition) is 3. The third-order valence-electron chi connectivity index (χ3n) is 2.93. The molecule has 0 spiro atoms. The fourth-order valence-corrected chi connectivity index (χ4v) is 2.00. The van der Waals surface area contributed by atoms with Gasteiger partial charge < -0.3 is 9.80 Å². The molecule has 2 nitrogen and oxygen atoms in total. The first-order valence-electron chi connectivity index (χ1n) is 5.27. The van der Waals surface area contributed by atoms with Crippen molar-refractivity contribution in [3.63, 3.8) is 0 Å². The van der Waals surface area contributed by atoms with E-state index in [0.29, 0.717) is 0 Å². The first-order chi connectivity index (χ1) is 6.24. The Labute approximate surface area is 87.7 Å². The monoisotopic (exact) mass is 202 g/mol. The number of likely N-dealkylation sites (N-methyl/N-ethyl adjacent to an activating group) is 1. The number of hydrogen-bond donors (Lipinski definition) is 1. The minimum Gasteiger partial charge on any atom is -0.301 e. The van der Waals surface area contributed by atoms with Crippen LogP contribution >= 0.6 is 12.6 Å². The number of thiol groups is 1. The summed E-state index contributed by atoms with van der Waals surface area (Å²) in [6.07, 6.45) is 2.56. The van der Waals surface area contributed by atoms with E-state index in [4.69, 9.17) is 0 Å². The first-order valence-corrected chi connectivity index (χ1v) is 5.90. The number of nitrogens with zero attached hydrogens (tertiary/aromatic N) is 2. The largest absolute Gasteiger partial charge is 0.301 e. The van der Waals surface area contributed by atoms with Gasteiger partial charge in [-0.25, -0.2) is 0 Å². The Bertz CT molecular complexity index is 141. The lowest BCUT2D eigenvalue weighted by molar-refractivity contribution is 0.104. The van der Waals surface area contributed by atoms with E-state index < -0.39 is 0 Å². The summed E-state index contributed by atoms with van der Waals surface area (Å²) in [5.74, 6) is 1.03. The number of piperazine rings is 1. The van der Waals surface area contributed by atoms with Crippen molar-refractivity contribution in [2.75, 3.05) is 39.0 Å². The molecule has 0 N–H and O–H groups in total. The molecular weight excluding hydrogens is 180 g/mol.